The van der Waals surface area contributed by atoms with Gasteiger partial charge >= 0.3 is 0 Å². The highest BCUT2D eigenvalue weighted by atomic mass is 32.2. The summed E-state index contributed by atoms with van der Waals surface area (Å²) in [5.41, 5.74) is 3.16. The van der Waals surface area contributed by atoms with E-state index in [1.165, 1.54) is 11.8 Å². The first-order valence-corrected chi connectivity index (χ1v) is 11.8. The molecule has 0 N–H and O–H groups in total. The van der Waals surface area contributed by atoms with E-state index in [1.54, 1.807) is 10.9 Å². The van der Waals surface area contributed by atoms with Gasteiger partial charge in [0.2, 0.25) is 11.9 Å². The quantitative estimate of drug-likeness (QED) is 0.409. The Balaban J connectivity index is 1.19. The van der Waals surface area contributed by atoms with Crippen LogP contribution in [0.4, 0.5) is 5.95 Å². The van der Waals surface area contributed by atoms with E-state index < -0.39 is 0 Å². The average molecular weight is 461 g/mol. The fourth-order valence-electron chi connectivity index (χ4n) is 3.90. The van der Waals surface area contributed by atoms with Gasteiger partial charge in [-0.05, 0) is 41.1 Å². The maximum atomic E-state index is 12.9. The molecule has 0 unspecified atom stereocenters. The van der Waals surface area contributed by atoms with Crippen LogP contribution >= 0.6 is 11.8 Å². The Kier molecular flexibility index (Phi) is 6.07. The summed E-state index contributed by atoms with van der Waals surface area (Å²) in [7, 11) is 0. The lowest BCUT2D eigenvalue weighted by atomic mass is 10.2. The minimum atomic E-state index is 0.113. The van der Waals surface area contributed by atoms with Gasteiger partial charge in [0, 0.05) is 38.6 Å². The second kappa shape index (κ2) is 9.45. The van der Waals surface area contributed by atoms with E-state index >= 15 is 0 Å². The predicted molar refractivity (Wildman–Crippen MR) is 127 cm³/mol. The van der Waals surface area contributed by atoms with Crippen molar-refractivity contribution in [1.82, 2.24) is 34.7 Å². The normalized spacial score (nSPS) is 14.0. The fourth-order valence-corrected chi connectivity index (χ4v) is 4.77. The van der Waals surface area contributed by atoms with E-state index in [1.807, 2.05) is 58.1 Å². The lowest BCUT2D eigenvalue weighted by molar-refractivity contribution is -0.128. The minimum absolute atomic E-state index is 0.113. The summed E-state index contributed by atoms with van der Waals surface area (Å²) < 4.78 is 3.77. The van der Waals surface area contributed by atoms with Gasteiger partial charge in [0.1, 0.15) is 0 Å². The first-order chi connectivity index (χ1) is 16.2. The second-order valence-corrected chi connectivity index (χ2v) is 8.69. The summed E-state index contributed by atoms with van der Waals surface area (Å²) in [6.07, 6.45) is 3.71. The fraction of sp³-hybridized carbons (Fsp3) is 0.261. The molecule has 3 heterocycles. The van der Waals surface area contributed by atoms with E-state index in [9.17, 15) is 4.79 Å². The van der Waals surface area contributed by atoms with Crippen LogP contribution in [0.1, 0.15) is 5.56 Å². The average Bonchev–Trinajstić information content (AvgIpc) is 3.53. The minimum Gasteiger partial charge on any atom is -0.338 e. The predicted octanol–water partition coefficient (Wildman–Crippen LogP) is 2.60. The first-order valence-electron chi connectivity index (χ1n) is 10.8. The number of para-hydroxylation sites is 2. The number of aromatic nitrogens is 6. The number of amides is 1. The highest BCUT2D eigenvalue weighted by molar-refractivity contribution is 7.99. The third kappa shape index (κ3) is 4.47. The molecule has 1 aliphatic heterocycles. The molecule has 4 aromatic rings. The number of carbonyl (C=O) groups is 1. The number of aryl methyl sites for hydroxylation is 1. The summed E-state index contributed by atoms with van der Waals surface area (Å²) in [4.78, 5) is 21.4. The van der Waals surface area contributed by atoms with E-state index in [0.717, 1.165) is 22.1 Å². The summed E-state index contributed by atoms with van der Waals surface area (Å²) in [5.74, 6) is 1.16. The molecule has 0 spiro atoms. The van der Waals surface area contributed by atoms with Crippen LogP contribution in [0.2, 0.25) is 0 Å². The highest BCUT2D eigenvalue weighted by Gasteiger charge is 2.25. The number of imidazole rings is 1. The number of nitrogens with zero attached hydrogens (tertiary/aromatic N) is 8. The third-order valence-electron chi connectivity index (χ3n) is 5.68. The Bertz CT molecular complexity index is 1230. The molecular weight excluding hydrogens is 436 g/mol. The number of benzene rings is 2. The molecule has 1 fully saturated rings. The summed E-state index contributed by atoms with van der Waals surface area (Å²) >= 11 is 1.47. The second-order valence-electron chi connectivity index (χ2n) is 7.75. The van der Waals surface area contributed by atoms with E-state index in [4.69, 9.17) is 0 Å². The summed E-state index contributed by atoms with van der Waals surface area (Å²) in [5, 5.41) is 13.0. The van der Waals surface area contributed by atoms with Crippen molar-refractivity contribution >= 4 is 23.6 Å². The molecule has 0 aliphatic carbocycles. The molecule has 9 nitrogen and oxygen atoms in total. The number of carbonyl (C=O) groups excluding carboxylic acids is 1. The Morgan fingerprint density at radius 1 is 1.00 bits per heavy atom. The Morgan fingerprint density at radius 3 is 2.55 bits per heavy atom. The van der Waals surface area contributed by atoms with Crippen molar-refractivity contribution in [3.63, 3.8) is 0 Å². The van der Waals surface area contributed by atoms with Crippen molar-refractivity contribution in [3.8, 4) is 11.4 Å². The number of tetrazole rings is 1. The van der Waals surface area contributed by atoms with Crippen molar-refractivity contribution in [2.24, 2.45) is 0 Å². The zero-order valence-electron chi connectivity index (χ0n) is 18.3. The van der Waals surface area contributed by atoms with E-state index in [0.29, 0.717) is 37.9 Å². The number of anilines is 1. The molecule has 33 heavy (non-hydrogen) atoms. The molecule has 2 aromatic heterocycles. The molecule has 0 atom stereocenters. The van der Waals surface area contributed by atoms with Crippen molar-refractivity contribution in [2.75, 3.05) is 36.8 Å². The largest absolute Gasteiger partial charge is 0.338 e. The highest BCUT2D eigenvalue weighted by Crippen LogP contribution is 2.23. The summed E-state index contributed by atoms with van der Waals surface area (Å²) in [6, 6.07) is 18.0. The Morgan fingerprint density at radius 2 is 1.76 bits per heavy atom. The Labute approximate surface area is 196 Å². The maximum absolute atomic E-state index is 12.9. The standard InChI is InChI=1S/C23H24N8OS/c1-18-7-5-6-10-20(18)30-12-11-24-23(30)33-17-21(32)28-13-15-29(16-14-28)22-25-26-27-31(22)19-8-3-2-4-9-19/h2-12H,13-17H2,1H3. The van der Waals surface area contributed by atoms with E-state index in [2.05, 4.69) is 44.5 Å². The van der Waals surface area contributed by atoms with Gasteiger partial charge in [-0.2, -0.15) is 4.68 Å². The van der Waals surface area contributed by atoms with Gasteiger partial charge in [0.15, 0.2) is 5.16 Å². The van der Waals surface area contributed by atoms with Crippen LogP contribution in [0.3, 0.4) is 0 Å². The van der Waals surface area contributed by atoms with Crippen LogP contribution in [0.15, 0.2) is 72.1 Å². The van der Waals surface area contributed by atoms with Crippen LogP contribution in [-0.2, 0) is 4.79 Å². The van der Waals surface area contributed by atoms with Crippen LogP contribution in [0.5, 0.6) is 0 Å². The van der Waals surface area contributed by atoms with Crippen LogP contribution in [0.25, 0.3) is 11.4 Å². The van der Waals surface area contributed by atoms with Gasteiger partial charge in [-0.3, -0.25) is 9.36 Å². The van der Waals surface area contributed by atoms with Gasteiger partial charge in [0.25, 0.3) is 0 Å². The van der Waals surface area contributed by atoms with Gasteiger partial charge in [-0.1, -0.05) is 53.3 Å². The molecule has 0 bridgehead atoms. The third-order valence-corrected chi connectivity index (χ3v) is 6.63. The monoisotopic (exact) mass is 460 g/mol. The van der Waals surface area contributed by atoms with Gasteiger partial charge < -0.3 is 9.80 Å². The van der Waals surface area contributed by atoms with Crippen molar-refractivity contribution in [2.45, 2.75) is 12.1 Å². The Hall–Kier alpha value is -3.66. The number of hydrogen-bond donors (Lipinski definition) is 0. The molecule has 2 aromatic carbocycles. The molecule has 0 radical (unpaired) electrons. The molecule has 0 saturated carbocycles. The number of hydrogen-bond acceptors (Lipinski definition) is 7. The molecule has 1 amide bonds. The van der Waals surface area contributed by atoms with Gasteiger partial charge in [-0.25, -0.2) is 4.98 Å². The molecule has 168 valence electrons. The number of thioether (sulfide) groups is 1. The lowest BCUT2D eigenvalue weighted by Gasteiger charge is -2.34. The SMILES string of the molecule is Cc1ccccc1-n1ccnc1SCC(=O)N1CCN(c2nnnn2-c2ccccc2)CC1. The van der Waals surface area contributed by atoms with Crippen molar-refractivity contribution in [3.05, 3.63) is 72.6 Å². The first kappa shape index (κ1) is 21.2. The number of piperazine rings is 1. The number of rotatable bonds is 6. The molecule has 10 heteroatoms. The molecule has 1 saturated heterocycles. The van der Waals surface area contributed by atoms with Gasteiger partial charge in [0.05, 0.1) is 17.1 Å². The van der Waals surface area contributed by atoms with E-state index in [-0.39, 0.29) is 5.91 Å². The molecule has 1 aliphatic rings. The van der Waals surface area contributed by atoms with Crippen LogP contribution in [0, 0.1) is 6.92 Å². The van der Waals surface area contributed by atoms with Crippen LogP contribution in [-0.4, -0.2) is 72.5 Å². The maximum Gasteiger partial charge on any atom is 0.250 e. The van der Waals surface area contributed by atoms with Crippen molar-refractivity contribution in [1.29, 1.82) is 0 Å². The molecule has 5 rings (SSSR count). The summed E-state index contributed by atoms with van der Waals surface area (Å²) in [6.45, 7) is 4.70. The van der Waals surface area contributed by atoms with Crippen LogP contribution < -0.4 is 4.90 Å². The molecular formula is C23H24N8OS. The smallest absolute Gasteiger partial charge is 0.250 e. The van der Waals surface area contributed by atoms with Crippen molar-refractivity contribution < 1.29 is 4.79 Å². The topological polar surface area (TPSA) is 85.0 Å². The zero-order chi connectivity index (χ0) is 22.6. The zero-order valence-corrected chi connectivity index (χ0v) is 19.1. The lowest BCUT2D eigenvalue weighted by Crippen LogP contribution is -2.50. The van der Waals surface area contributed by atoms with Gasteiger partial charge in [-0.15, -0.1) is 0 Å².